The summed E-state index contributed by atoms with van der Waals surface area (Å²) in [5, 5.41) is 9.51. The Morgan fingerprint density at radius 2 is 2.22 bits per heavy atom. The second kappa shape index (κ2) is 4.52. The highest BCUT2D eigenvalue weighted by Gasteiger charge is 2.34. The van der Waals surface area contributed by atoms with Gasteiger partial charge in [-0.25, -0.2) is 0 Å². The number of aromatic nitrogens is 1. The topological polar surface area (TPSA) is 45.5 Å². The van der Waals surface area contributed by atoms with Crippen LogP contribution in [-0.2, 0) is 6.54 Å². The van der Waals surface area contributed by atoms with Crippen LogP contribution in [0.1, 0.15) is 25.0 Å². The minimum Gasteiger partial charge on any atom is -0.392 e. The van der Waals surface area contributed by atoms with E-state index in [1.807, 2.05) is 17.6 Å². The molecule has 0 unspecified atom stereocenters. The lowest BCUT2D eigenvalue weighted by Gasteiger charge is -2.43. The van der Waals surface area contributed by atoms with E-state index in [4.69, 9.17) is 0 Å². The molecule has 18 heavy (non-hydrogen) atoms. The molecule has 3 atom stereocenters. The lowest BCUT2D eigenvalue weighted by Crippen LogP contribution is -2.48. The van der Waals surface area contributed by atoms with E-state index in [0.717, 1.165) is 26.2 Å². The van der Waals surface area contributed by atoms with Crippen LogP contribution in [-0.4, -0.2) is 40.3 Å². The van der Waals surface area contributed by atoms with Crippen molar-refractivity contribution < 1.29 is 5.11 Å². The Balaban J connectivity index is 1.88. The van der Waals surface area contributed by atoms with Crippen molar-refractivity contribution in [3.05, 3.63) is 34.2 Å². The number of β-amino-alcohol motifs (C(OH)–C–C–N with tert-alkyl or cyclic N) is 1. The number of hydrogen-bond donors (Lipinski definition) is 1. The first-order chi connectivity index (χ1) is 8.63. The van der Waals surface area contributed by atoms with E-state index in [-0.39, 0.29) is 11.7 Å². The third-order valence-corrected chi connectivity index (χ3v) is 4.08. The van der Waals surface area contributed by atoms with E-state index >= 15 is 0 Å². The van der Waals surface area contributed by atoms with Gasteiger partial charge >= 0.3 is 0 Å². The van der Waals surface area contributed by atoms with Gasteiger partial charge in [-0.15, -0.1) is 0 Å². The molecule has 1 saturated heterocycles. The Morgan fingerprint density at radius 1 is 1.39 bits per heavy atom. The minimum atomic E-state index is -0.276. The van der Waals surface area contributed by atoms with Gasteiger partial charge in [0.25, 0.3) is 5.56 Å². The normalized spacial score (nSPS) is 28.8. The molecule has 4 heteroatoms. The number of fused-ring (bicyclic) bond motifs is 4. The molecular weight excluding hydrogens is 228 g/mol. The molecule has 0 aliphatic carbocycles. The van der Waals surface area contributed by atoms with Crippen molar-refractivity contribution in [1.29, 1.82) is 0 Å². The summed E-state index contributed by atoms with van der Waals surface area (Å²) in [6.07, 6.45) is 0.904. The maximum atomic E-state index is 11.9. The lowest BCUT2D eigenvalue weighted by molar-refractivity contribution is 0.0700. The maximum Gasteiger partial charge on any atom is 0.250 e. The van der Waals surface area contributed by atoms with E-state index < -0.39 is 0 Å². The van der Waals surface area contributed by atoms with Crippen molar-refractivity contribution in [2.45, 2.75) is 31.9 Å². The van der Waals surface area contributed by atoms with Crippen molar-refractivity contribution in [1.82, 2.24) is 9.47 Å². The standard InChI is InChI=1S/C14H20N2O2/c1-10(17)6-15-7-11-5-12(9-15)13-3-2-4-14(18)16(13)8-11/h2-4,10-12,17H,5-9H2,1H3/t10-,11-,12-/m0/s1. The fourth-order valence-corrected chi connectivity index (χ4v) is 3.52. The van der Waals surface area contributed by atoms with Crippen molar-refractivity contribution in [3.8, 4) is 0 Å². The van der Waals surface area contributed by atoms with Gasteiger partial charge in [0, 0.05) is 43.9 Å². The lowest BCUT2D eigenvalue weighted by atomic mass is 9.83. The number of likely N-dealkylation sites (tertiary alicyclic amines) is 1. The summed E-state index contributed by atoms with van der Waals surface area (Å²) >= 11 is 0. The van der Waals surface area contributed by atoms with Crippen molar-refractivity contribution >= 4 is 0 Å². The van der Waals surface area contributed by atoms with Crippen LogP contribution >= 0.6 is 0 Å². The number of hydrogen-bond acceptors (Lipinski definition) is 3. The SMILES string of the molecule is C[C@H](O)CN1C[C@@H]2C[C@@H](C1)c1cccc(=O)n1C2. The first-order valence-electron chi connectivity index (χ1n) is 6.73. The molecule has 3 heterocycles. The predicted octanol–water partition coefficient (Wildman–Crippen LogP) is 0.648. The van der Waals surface area contributed by atoms with Crippen LogP contribution in [0.15, 0.2) is 23.0 Å². The molecule has 2 aliphatic heterocycles. The molecule has 1 aromatic rings. The summed E-state index contributed by atoms with van der Waals surface area (Å²) in [5.41, 5.74) is 1.31. The van der Waals surface area contributed by atoms with Gasteiger partial charge in [-0.05, 0) is 25.3 Å². The summed E-state index contributed by atoms with van der Waals surface area (Å²) in [5.74, 6) is 1.00. The summed E-state index contributed by atoms with van der Waals surface area (Å²) in [7, 11) is 0. The Morgan fingerprint density at radius 3 is 3.00 bits per heavy atom. The predicted molar refractivity (Wildman–Crippen MR) is 69.7 cm³/mol. The molecule has 0 amide bonds. The first-order valence-corrected chi connectivity index (χ1v) is 6.73. The van der Waals surface area contributed by atoms with Crippen molar-refractivity contribution in [2.75, 3.05) is 19.6 Å². The van der Waals surface area contributed by atoms with Gasteiger partial charge in [-0.1, -0.05) is 6.07 Å². The number of rotatable bonds is 2. The van der Waals surface area contributed by atoms with Crippen LogP contribution in [0.5, 0.6) is 0 Å². The molecule has 4 nitrogen and oxygen atoms in total. The smallest absolute Gasteiger partial charge is 0.250 e. The quantitative estimate of drug-likeness (QED) is 0.836. The van der Waals surface area contributed by atoms with E-state index in [0.29, 0.717) is 11.8 Å². The second-order valence-electron chi connectivity index (χ2n) is 5.77. The third kappa shape index (κ3) is 2.10. The van der Waals surface area contributed by atoms with E-state index in [2.05, 4.69) is 11.0 Å². The zero-order chi connectivity index (χ0) is 12.7. The average Bonchev–Trinajstić information content (AvgIpc) is 2.29. The van der Waals surface area contributed by atoms with Crippen molar-refractivity contribution in [3.63, 3.8) is 0 Å². The van der Waals surface area contributed by atoms with Gasteiger partial charge in [0.05, 0.1) is 6.10 Å². The maximum absolute atomic E-state index is 11.9. The highest BCUT2D eigenvalue weighted by Crippen LogP contribution is 2.34. The molecule has 3 rings (SSSR count). The average molecular weight is 248 g/mol. The Hall–Kier alpha value is -1.13. The summed E-state index contributed by atoms with van der Waals surface area (Å²) < 4.78 is 1.94. The van der Waals surface area contributed by atoms with Crippen LogP contribution in [0.2, 0.25) is 0 Å². The molecule has 2 aliphatic rings. The van der Waals surface area contributed by atoms with E-state index in [1.165, 1.54) is 12.1 Å². The zero-order valence-electron chi connectivity index (χ0n) is 10.7. The Labute approximate surface area is 107 Å². The molecule has 2 bridgehead atoms. The molecule has 1 aromatic heterocycles. The highest BCUT2D eigenvalue weighted by molar-refractivity contribution is 5.16. The van der Waals surface area contributed by atoms with Gasteiger partial charge in [0.15, 0.2) is 0 Å². The molecule has 0 saturated carbocycles. The van der Waals surface area contributed by atoms with E-state index in [9.17, 15) is 9.90 Å². The number of pyridine rings is 1. The number of aliphatic hydroxyl groups is 1. The van der Waals surface area contributed by atoms with E-state index in [1.54, 1.807) is 6.07 Å². The summed E-state index contributed by atoms with van der Waals surface area (Å²) in [6, 6.07) is 5.59. The largest absolute Gasteiger partial charge is 0.392 e. The molecule has 0 radical (unpaired) electrons. The van der Waals surface area contributed by atoms with Gasteiger partial charge in [-0.2, -0.15) is 0 Å². The summed E-state index contributed by atoms with van der Waals surface area (Å²) in [6.45, 7) is 5.38. The monoisotopic (exact) mass is 248 g/mol. The highest BCUT2D eigenvalue weighted by atomic mass is 16.3. The summed E-state index contributed by atoms with van der Waals surface area (Å²) in [4.78, 5) is 14.2. The second-order valence-corrected chi connectivity index (χ2v) is 5.77. The fourth-order valence-electron chi connectivity index (χ4n) is 3.52. The fraction of sp³-hybridized carbons (Fsp3) is 0.643. The van der Waals surface area contributed by atoms with Crippen LogP contribution in [0.25, 0.3) is 0 Å². The molecular formula is C14H20N2O2. The van der Waals surface area contributed by atoms with Gasteiger partial charge in [0.1, 0.15) is 0 Å². The van der Waals surface area contributed by atoms with Gasteiger partial charge in [0.2, 0.25) is 0 Å². The molecule has 0 spiro atoms. The minimum absolute atomic E-state index is 0.131. The van der Waals surface area contributed by atoms with Crippen LogP contribution in [0, 0.1) is 5.92 Å². The van der Waals surface area contributed by atoms with Gasteiger partial charge in [-0.3, -0.25) is 9.69 Å². The Bertz CT molecular complexity index is 495. The van der Waals surface area contributed by atoms with Crippen LogP contribution in [0.4, 0.5) is 0 Å². The molecule has 98 valence electrons. The number of piperidine rings is 1. The molecule has 0 aromatic carbocycles. The number of aliphatic hydroxyl groups excluding tert-OH is 1. The Kier molecular flexibility index (Phi) is 2.99. The third-order valence-electron chi connectivity index (χ3n) is 4.08. The van der Waals surface area contributed by atoms with Gasteiger partial charge < -0.3 is 9.67 Å². The van der Waals surface area contributed by atoms with Crippen molar-refractivity contribution in [2.24, 2.45) is 5.92 Å². The molecule has 1 fully saturated rings. The molecule has 1 N–H and O–H groups in total. The first kappa shape index (κ1) is 11.9. The van der Waals surface area contributed by atoms with Crippen LogP contribution in [0.3, 0.4) is 0 Å². The van der Waals surface area contributed by atoms with Crippen LogP contribution < -0.4 is 5.56 Å². The number of nitrogens with zero attached hydrogens (tertiary/aromatic N) is 2. The zero-order valence-corrected chi connectivity index (χ0v) is 10.7.